The average Bonchev–Trinajstić information content (AvgIpc) is 2.74. The molecule has 0 aromatic heterocycles. The van der Waals surface area contributed by atoms with Crippen LogP contribution in [0.5, 0.6) is 0 Å². The molecule has 1 aliphatic rings. The molecule has 0 bridgehead atoms. The van der Waals surface area contributed by atoms with Gasteiger partial charge in [0.2, 0.25) is 0 Å². The molecule has 0 spiro atoms. The Balaban J connectivity index is 2.39. The fourth-order valence-corrected chi connectivity index (χ4v) is 2.61. The monoisotopic (exact) mass is 233 g/mol. The lowest BCUT2D eigenvalue weighted by atomic mass is 10.0. The molecule has 1 nitrogen and oxygen atoms in total. The van der Waals surface area contributed by atoms with E-state index in [4.69, 9.17) is 0 Å². The summed E-state index contributed by atoms with van der Waals surface area (Å²) in [6, 6.07) is 14.8. The Morgan fingerprint density at radius 2 is 1.72 bits per heavy atom. The second-order valence-electron chi connectivity index (χ2n) is 4.34. The first kappa shape index (κ1) is 11.0. The normalized spacial score (nSPS) is 14.4. The molecule has 0 unspecified atom stereocenters. The van der Waals surface area contributed by atoms with Crippen molar-refractivity contribution in [1.29, 1.82) is 0 Å². The van der Waals surface area contributed by atoms with E-state index < -0.39 is 0 Å². The highest BCUT2D eigenvalue weighted by Gasteiger charge is 2.25. The Hall–Kier alpha value is -2.15. The Morgan fingerprint density at radius 1 is 1.00 bits per heavy atom. The Morgan fingerprint density at radius 3 is 2.44 bits per heavy atom. The van der Waals surface area contributed by atoms with Crippen molar-refractivity contribution >= 4 is 11.8 Å². The van der Waals surface area contributed by atoms with Crippen molar-refractivity contribution in [2.75, 3.05) is 6.54 Å². The van der Waals surface area contributed by atoms with Crippen LogP contribution in [-0.4, -0.2) is 12.3 Å². The first-order chi connectivity index (χ1) is 8.86. The smallest absolute Gasteiger partial charge is 0.0737 e. The Kier molecular flexibility index (Phi) is 2.60. The number of aliphatic imine (C=N–C) groups is 1. The Bertz CT molecular complexity index is 650. The fourth-order valence-electron chi connectivity index (χ4n) is 2.61. The lowest BCUT2D eigenvalue weighted by Crippen LogP contribution is -2.01. The van der Waals surface area contributed by atoms with E-state index >= 15 is 0 Å². The standard InChI is InChI=1S/C17H15N/c1-3-12-8-7-11-14-13-9-5-6-10-15(13)17(16(12)14)18-4-2/h3,5-11H,1,4H2,2H3. The second-order valence-corrected chi connectivity index (χ2v) is 4.34. The van der Waals surface area contributed by atoms with Crippen LogP contribution >= 0.6 is 0 Å². The van der Waals surface area contributed by atoms with Gasteiger partial charge in [0.1, 0.15) is 0 Å². The van der Waals surface area contributed by atoms with E-state index in [1.54, 1.807) is 0 Å². The maximum atomic E-state index is 4.68. The molecular formula is C17H15N. The molecule has 18 heavy (non-hydrogen) atoms. The number of fused-ring (bicyclic) bond motifs is 3. The van der Waals surface area contributed by atoms with Crippen molar-refractivity contribution in [2.45, 2.75) is 6.92 Å². The molecule has 0 radical (unpaired) electrons. The molecule has 0 fully saturated rings. The summed E-state index contributed by atoms with van der Waals surface area (Å²) in [5.41, 5.74) is 7.30. The highest BCUT2D eigenvalue weighted by atomic mass is 14.7. The van der Waals surface area contributed by atoms with Crippen molar-refractivity contribution in [1.82, 2.24) is 0 Å². The number of hydrogen-bond acceptors (Lipinski definition) is 1. The summed E-state index contributed by atoms with van der Waals surface area (Å²) >= 11 is 0. The van der Waals surface area contributed by atoms with E-state index in [9.17, 15) is 0 Å². The molecule has 0 heterocycles. The molecule has 0 saturated heterocycles. The number of nitrogens with zero attached hydrogens (tertiary/aromatic N) is 1. The minimum atomic E-state index is 0.800. The molecule has 1 aliphatic carbocycles. The third-order valence-electron chi connectivity index (χ3n) is 3.34. The Labute approximate surface area is 108 Å². The van der Waals surface area contributed by atoms with Crippen molar-refractivity contribution < 1.29 is 0 Å². The molecule has 0 N–H and O–H groups in total. The van der Waals surface area contributed by atoms with E-state index in [2.05, 4.69) is 61.0 Å². The lowest BCUT2D eigenvalue weighted by molar-refractivity contribution is 1.13. The van der Waals surface area contributed by atoms with Gasteiger partial charge in [0.05, 0.1) is 5.71 Å². The zero-order chi connectivity index (χ0) is 12.5. The van der Waals surface area contributed by atoms with Crippen molar-refractivity contribution in [3.63, 3.8) is 0 Å². The molecule has 0 aliphatic heterocycles. The molecule has 1 heteroatoms. The summed E-state index contributed by atoms with van der Waals surface area (Å²) in [5.74, 6) is 0. The van der Waals surface area contributed by atoms with Gasteiger partial charge >= 0.3 is 0 Å². The van der Waals surface area contributed by atoms with Crippen LogP contribution in [-0.2, 0) is 0 Å². The fraction of sp³-hybridized carbons (Fsp3) is 0.118. The molecule has 88 valence electrons. The van der Waals surface area contributed by atoms with Crippen LogP contribution in [0.15, 0.2) is 54.0 Å². The predicted octanol–water partition coefficient (Wildman–Crippen LogP) is 4.17. The van der Waals surface area contributed by atoms with Gasteiger partial charge in [0, 0.05) is 17.7 Å². The summed E-state index contributed by atoms with van der Waals surface area (Å²) in [4.78, 5) is 4.68. The number of rotatable bonds is 2. The van der Waals surface area contributed by atoms with Crippen molar-refractivity contribution in [2.24, 2.45) is 4.99 Å². The van der Waals surface area contributed by atoms with Gasteiger partial charge in [-0.05, 0) is 23.6 Å². The van der Waals surface area contributed by atoms with Gasteiger partial charge in [-0.3, -0.25) is 4.99 Å². The third-order valence-corrected chi connectivity index (χ3v) is 3.34. The van der Waals surface area contributed by atoms with Crippen LogP contribution < -0.4 is 0 Å². The van der Waals surface area contributed by atoms with E-state index in [-0.39, 0.29) is 0 Å². The van der Waals surface area contributed by atoms with E-state index in [1.165, 1.54) is 22.3 Å². The van der Waals surface area contributed by atoms with Crippen LogP contribution in [0.1, 0.15) is 23.6 Å². The van der Waals surface area contributed by atoms with Gasteiger partial charge < -0.3 is 0 Å². The molecule has 0 atom stereocenters. The zero-order valence-electron chi connectivity index (χ0n) is 10.5. The number of benzene rings is 2. The summed E-state index contributed by atoms with van der Waals surface area (Å²) in [6.45, 7) is 6.78. The summed E-state index contributed by atoms with van der Waals surface area (Å²) < 4.78 is 0. The van der Waals surface area contributed by atoms with Gasteiger partial charge in [-0.2, -0.15) is 0 Å². The maximum Gasteiger partial charge on any atom is 0.0737 e. The van der Waals surface area contributed by atoms with E-state index in [0.717, 1.165) is 17.8 Å². The topological polar surface area (TPSA) is 12.4 Å². The molecule has 2 aromatic rings. The predicted molar refractivity (Wildman–Crippen MR) is 78.1 cm³/mol. The van der Waals surface area contributed by atoms with E-state index in [0.29, 0.717) is 0 Å². The zero-order valence-corrected chi connectivity index (χ0v) is 10.5. The van der Waals surface area contributed by atoms with Crippen molar-refractivity contribution in [3.8, 4) is 11.1 Å². The lowest BCUT2D eigenvalue weighted by Gasteiger charge is -2.05. The summed E-state index contributed by atoms with van der Waals surface area (Å²) in [6.07, 6.45) is 1.91. The van der Waals surface area contributed by atoms with Crippen LogP contribution in [0.25, 0.3) is 17.2 Å². The molecule has 3 rings (SSSR count). The molecule has 0 amide bonds. The SMILES string of the molecule is C=Cc1cccc2c1C(=NCC)c1ccccc1-2. The minimum absolute atomic E-state index is 0.800. The quantitative estimate of drug-likeness (QED) is 0.630. The molecular weight excluding hydrogens is 218 g/mol. The van der Waals surface area contributed by atoms with Gasteiger partial charge in [0.15, 0.2) is 0 Å². The summed E-state index contributed by atoms with van der Waals surface area (Å²) in [7, 11) is 0. The van der Waals surface area contributed by atoms with Crippen LogP contribution in [0, 0.1) is 0 Å². The second kappa shape index (κ2) is 4.26. The van der Waals surface area contributed by atoms with Gasteiger partial charge in [-0.25, -0.2) is 0 Å². The highest BCUT2D eigenvalue weighted by Crippen LogP contribution is 2.38. The maximum absolute atomic E-state index is 4.68. The highest BCUT2D eigenvalue weighted by molar-refractivity contribution is 6.25. The first-order valence-electron chi connectivity index (χ1n) is 6.27. The van der Waals surface area contributed by atoms with E-state index in [1.807, 2.05) is 6.08 Å². The van der Waals surface area contributed by atoms with Gasteiger partial charge in [0.25, 0.3) is 0 Å². The first-order valence-corrected chi connectivity index (χ1v) is 6.27. The molecule has 2 aromatic carbocycles. The van der Waals surface area contributed by atoms with Crippen LogP contribution in [0.2, 0.25) is 0 Å². The average molecular weight is 233 g/mol. The van der Waals surface area contributed by atoms with Gasteiger partial charge in [-0.1, -0.05) is 55.1 Å². The number of hydrogen-bond donors (Lipinski definition) is 0. The largest absolute Gasteiger partial charge is 0.284 e. The molecule has 0 saturated carbocycles. The van der Waals surface area contributed by atoms with Crippen LogP contribution in [0.4, 0.5) is 0 Å². The van der Waals surface area contributed by atoms with Crippen LogP contribution in [0.3, 0.4) is 0 Å². The summed E-state index contributed by atoms with van der Waals surface area (Å²) in [5, 5.41) is 0. The third kappa shape index (κ3) is 1.44. The minimum Gasteiger partial charge on any atom is -0.284 e. The van der Waals surface area contributed by atoms with Gasteiger partial charge in [-0.15, -0.1) is 0 Å². The van der Waals surface area contributed by atoms with Crippen molar-refractivity contribution in [3.05, 3.63) is 65.7 Å².